The van der Waals surface area contributed by atoms with E-state index in [1.807, 2.05) is 6.08 Å². The van der Waals surface area contributed by atoms with Gasteiger partial charge in [-0.1, -0.05) is 44.6 Å². The van der Waals surface area contributed by atoms with Crippen LogP contribution in [0.5, 0.6) is 0 Å². The highest BCUT2D eigenvalue weighted by atomic mass is 16.3. The third-order valence-corrected chi connectivity index (χ3v) is 3.03. The molecule has 1 saturated carbocycles. The highest BCUT2D eigenvalue weighted by molar-refractivity contribution is 5.23. The van der Waals surface area contributed by atoms with Gasteiger partial charge in [-0.25, -0.2) is 0 Å². The molecule has 1 nitrogen and oxygen atoms in total. The fourth-order valence-corrected chi connectivity index (χ4v) is 1.97. The molecule has 14 heavy (non-hydrogen) atoms. The van der Waals surface area contributed by atoms with Crippen LogP contribution in [0.1, 0.15) is 32.6 Å². The van der Waals surface area contributed by atoms with Gasteiger partial charge in [-0.05, 0) is 30.8 Å². The Morgan fingerprint density at radius 3 is 2.21 bits per heavy atom. The molecule has 1 fully saturated rings. The van der Waals surface area contributed by atoms with E-state index < -0.39 is 0 Å². The van der Waals surface area contributed by atoms with Crippen molar-refractivity contribution in [2.24, 2.45) is 11.8 Å². The Bertz CT molecular complexity index is 242. The molecule has 78 valence electrons. The lowest BCUT2D eigenvalue weighted by Crippen LogP contribution is -2.13. The molecule has 0 aromatic heterocycles. The molecule has 0 aromatic carbocycles. The molecular weight excluding hydrogens is 172 g/mol. The van der Waals surface area contributed by atoms with E-state index in [9.17, 15) is 0 Å². The monoisotopic (exact) mass is 192 g/mol. The molecule has 0 aromatic rings. The third-order valence-electron chi connectivity index (χ3n) is 3.03. The molecule has 0 unspecified atom stereocenters. The molecule has 1 rings (SSSR count). The van der Waals surface area contributed by atoms with Crippen LogP contribution in [0.3, 0.4) is 0 Å². The molecule has 0 amide bonds. The summed E-state index contributed by atoms with van der Waals surface area (Å²) in [5.74, 6) is 1.59. The second-order valence-corrected chi connectivity index (χ2v) is 4.36. The van der Waals surface area contributed by atoms with Crippen LogP contribution < -0.4 is 0 Å². The van der Waals surface area contributed by atoms with E-state index in [-0.39, 0.29) is 5.76 Å². The molecule has 0 saturated heterocycles. The summed E-state index contributed by atoms with van der Waals surface area (Å²) in [6.07, 6.45) is 8.60. The fourth-order valence-electron chi connectivity index (χ4n) is 1.97. The number of aliphatic hydroxyl groups excluding tert-OH is 1. The van der Waals surface area contributed by atoms with Crippen LogP contribution in [0.15, 0.2) is 36.6 Å². The van der Waals surface area contributed by atoms with Gasteiger partial charge in [0.2, 0.25) is 0 Å². The van der Waals surface area contributed by atoms with Crippen molar-refractivity contribution in [3.8, 4) is 0 Å². The highest BCUT2D eigenvalue weighted by Gasteiger charge is 2.18. The van der Waals surface area contributed by atoms with E-state index in [1.165, 1.54) is 25.7 Å². The fraction of sp³-hybridized carbons (Fsp3) is 0.538. The highest BCUT2D eigenvalue weighted by Crippen LogP contribution is 2.32. The van der Waals surface area contributed by atoms with Crippen molar-refractivity contribution in [2.75, 3.05) is 0 Å². The molecule has 0 radical (unpaired) electrons. The lowest BCUT2D eigenvalue weighted by atomic mass is 9.79. The Morgan fingerprint density at radius 1 is 1.14 bits per heavy atom. The van der Waals surface area contributed by atoms with Crippen LogP contribution in [-0.4, -0.2) is 5.11 Å². The molecule has 1 heteroatoms. The minimum Gasteiger partial charge on any atom is -0.509 e. The van der Waals surface area contributed by atoms with Crippen LogP contribution in [-0.2, 0) is 0 Å². The van der Waals surface area contributed by atoms with Gasteiger partial charge in [0.05, 0.1) is 0 Å². The van der Waals surface area contributed by atoms with E-state index in [4.69, 9.17) is 5.11 Å². The smallest absolute Gasteiger partial charge is 0.108 e. The first-order chi connectivity index (χ1) is 6.59. The summed E-state index contributed by atoms with van der Waals surface area (Å²) < 4.78 is 0. The zero-order chi connectivity index (χ0) is 10.6. The summed E-state index contributed by atoms with van der Waals surface area (Å²) in [6, 6.07) is 0. The van der Waals surface area contributed by atoms with Crippen molar-refractivity contribution in [2.45, 2.75) is 32.6 Å². The number of hydrogen-bond donors (Lipinski definition) is 1. The van der Waals surface area contributed by atoms with Gasteiger partial charge in [-0.3, -0.25) is 0 Å². The second kappa shape index (κ2) is 5.04. The summed E-state index contributed by atoms with van der Waals surface area (Å²) in [4.78, 5) is 0. The van der Waals surface area contributed by atoms with Crippen molar-refractivity contribution in [3.63, 3.8) is 0 Å². The predicted octanol–water partition coefficient (Wildman–Crippen LogP) is 4.00. The van der Waals surface area contributed by atoms with Crippen molar-refractivity contribution in [3.05, 3.63) is 36.6 Å². The van der Waals surface area contributed by atoms with Gasteiger partial charge < -0.3 is 5.11 Å². The molecule has 0 atom stereocenters. The average molecular weight is 192 g/mol. The van der Waals surface area contributed by atoms with Gasteiger partial charge in [0.15, 0.2) is 0 Å². The van der Waals surface area contributed by atoms with Gasteiger partial charge >= 0.3 is 0 Å². The molecule has 0 aliphatic heterocycles. The minimum absolute atomic E-state index is 0.107. The normalized spacial score (nSPS) is 27.8. The van der Waals surface area contributed by atoms with Crippen molar-refractivity contribution in [1.82, 2.24) is 0 Å². The van der Waals surface area contributed by atoms with Crippen LogP contribution in [0.4, 0.5) is 0 Å². The number of rotatable bonds is 3. The molecule has 0 bridgehead atoms. The summed E-state index contributed by atoms with van der Waals surface area (Å²) in [5, 5.41) is 8.92. The number of hydrogen-bond acceptors (Lipinski definition) is 1. The lowest BCUT2D eigenvalue weighted by Gasteiger charge is -2.26. The number of allylic oxidation sites excluding steroid dienone is 3. The maximum Gasteiger partial charge on any atom is 0.108 e. The topological polar surface area (TPSA) is 20.2 Å². The Balaban J connectivity index is 2.42. The molecule has 1 aliphatic rings. The van der Waals surface area contributed by atoms with E-state index in [0.29, 0.717) is 5.92 Å². The van der Waals surface area contributed by atoms with E-state index in [0.717, 1.165) is 11.5 Å². The van der Waals surface area contributed by atoms with Crippen molar-refractivity contribution >= 4 is 0 Å². The molecular formula is C13H20O. The Labute approximate surface area is 86.8 Å². The summed E-state index contributed by atoms with van der Waals surface area (Å²) in [6.45, 7) is 9.76. The standard InChI is InChI=1S/C13H20O/c1-10-4-8-13(9-5-10)11(2)6-7-12(3)14/h6-7,10,13-14H,2-5,8-9H2,1H3/b7-6-. The van der Waals surface area contributed by atoms with E-state index in [2.05, 4.69) is 20.1 Å². The Hall–Kier alpha value is -0.980. The summed E-state index contributed by atoms with van der Waals surface area (Å²) in [7, 11) is 0. The van der Waals surface area contributed by atoms with Crippen LogP contribution in [0.25, 0.3) is 0 Å². The first-order valence-corrected chi connectivity index (χ1v) is 5.34. The maximum absolute atomic E-state index is 8.92. The van der Waals surface area contributed by atoms with Gasteiger partial charge in [-0.15, -0.1) is 0 Å². The van der Waals surface area contributed by atoms with Crippen molar-refractivity contribution < 1.29 is 5.11 Å². The van der Waals surface area contributed by atoms with E-state index >= 15 is 0 Å². The SMILES string of the molecule is C=C(O)/C=C\C(=C)C1CCC(C)CC1. The third kappa shape index (κ3) is 3.41. The van der Waals surface area contributed by atoms with Crippen LogP contribution >= 0.6 is 0 Å². The predicted molar refractivity (Wildman–Crippen MR) is 61.2 cm³/mol. The zero-order valence-corrected chi connectivity index (χ0v) is 9.00. The second-order valence-electron chi connectivity index (χ2n) is 4.36. The Kier molecular flexibility index (Phi) is 3.99. The van der Waals surface area contributed by atoms with Gasteiger partial charge in [0.1, 0.15) is 5.76 Å². The zero-order valence-electron chi connectivity index (χ0n) is 9.00. The summed E-state index contributed by atoms with van der Waals surface area (Å²) in [5.41, 5.74) is 1.13. The van der Waals surface area contributed by atoms with Crippen LogP contribution in [0.2, 0.25) is 0 Å². The first-order valence-electron chi connectivity index (χ1n) is 5.34. The quantitative estimate of drug-likeness (QED) is 0.529. The maximum atomic E-state index is 8.92. The van der Waals surface area contributed by atoms with Gasteiger partial charge in [0, 0.05) is 0 Å². The van der Waals surface area contributed by atoms with Gasteiger partial charge in [0.25, 0.3) is 0 Å². The summed E-state index contributed by atoms with van der Waals surface area (Å²) >= 11 is 0. The first kappa shape index (κ1) is 11.1. The minimum atomic E-state index is 0.107. The molecule has 0 spiro atoms. The average Bonchev–Trinajstić information content (AvgIpc) is 2.15. The van der Waals surface area contributed by atoms with Gasteiger partial charge in [-0.2, -0.15) is 0 Å². The lowest BCUT2D eigenvalue weighted by molar-refractivity contribution is 0.324. The molecule has 1 N–H and O–H groups in total. The molecule has 0 heterocycles. The largest absolute Gasteiger partial charge is 0.509 e. The van der Waals surface area contributed by atoms with Crippen LogP contribution in [0, 0.1) is 11.8 Å². The van der Waals surface area contributed by atoms with E-state index in [1.54, 1.807) is 6.08 Å². The van der Waals surface area contributed by atoms with Crippen molar-refractivity contribution in [1.29, 1.82) is 0 Å². The molecule has 1 aliphatic carbocycles. The number of aliphatic hydroxyl groups is 1. The Morgan fingerprint density at radius 2 is 1.71 bits per heavy atom.